The largest absolute Gasteiger partial charge is 0.494 e. The van der Waals surface area contributed by atoms with Crippen LogP contribution in [0.3, 0.4) is 0 Å². The second kappa shape index (κ2) is 7.47. The average Bonchev–Trinajstić information content (AvgIpc) is 2.63. The molecule has 1 N–H and O–H groups in total. The van der Waals surface area contributed by atoms with Crippen molar-refractivity contribution < 1.29 is 19.0 Å². The van der Waals surface area contributed by atoms with Gasteiger partial charge in [-0.2, -0.15) is 0 Å². The lowest BCUT2D eigenvalue weighted by molar-refractivity contribution is 0.0939. The van der Waals surface area contributed by atoms with Gasteiger partial charge in [0, 0.05) is 5.56 Å². The molecule has 3 rings (SSSR count). The van der Waals surface area contributed by atoms with Gasteiger partial charge in [-0.1, -0.05) is 6.07 Å². The molecule has 1 aliphatic rings. The standard InChI is InChI=1S/C20H23NO4/c1-4-23-17-7-6-16(11-13(17)2)20(22)21-14(3)15-5-8-18-19(12-15)25-10-9-24-18/h5-8,11-12,14H,4,9-10H2,1-3H3,(H,21,22)/t14-/m1/s1. The van der Waals surface area contributed by atoms with Crippen molar-refractivity contribution in [2.75, 3.05) is 19.8 Å². The summed E-state index contributed by atoms with van der Waals surface area (Å²) in [4.78, 5) is 12.5. The molecular weight excluding hydrogens is 318 g/mol. The third-order valence-corrected chi connectivity index (χ3v) is 4.15. The molecule has 0 aliphatic carbocycles. The molecular formula is C20H23NO4. The first-order valence-electron chi connectivity index (χ1n) is 8.52. The van der Waals surface area contributed by atoms with E-state index in [1.165, 1.54) is 0 Å². The van der Waals surface area contributed by atoms with E-state index in [9.17, 15) is 4.79 Å². The van der Waals surface area contributed by atoms with E-state index in [-0.39, 0.29) is 11.9 Å². The van der Waals surface area contributed by atoms with Gasteiger partial charge >= 0.3 is 0 Å². The summed E-state index contributed by atoms with van der Waals surface area (Å²) >= 11 is 0. The second-order valence-electron chi connectivity index (χ2n) is 6.01. The fourth-order valence-electron chi connectivity index (χ4n) is 2.80. The lowest BCUT2D eigenvalue weighted by Gasteiger charge is -2.21. The molecule has 1 amide bonds. The molecule has 2 aromatic carbocycles. The minimum absolute atomic E-state index is 0.117. The number of fused-ring (bicyclic) bond motifs is 1. The van der Waals surface area contributed by atoms with Crippen molar-refractivity contribution in [1.29, 1.82) is 0 Å². The SMILES string of the molecule is CCOc1ccc(C(=O)N[C@H](C)c2ccc3c(c2)OCCO3)cc1C. The van der Waals surface area contributed by atoms with Crippen LogP contribution in [-0.4, -0.2) is 25.7 Å². The maximum Gasteiger partial charge on any atom is 0.251 e. The number of benzene rings is 2. The Hall–Kier alpha value is -2.69. The predicted octanol–water partition coefficient (Wildman–Crippen LogP) is 3.66. The van der Waals surface area contributed by atoms with Crippen LogP contribution in [0.5, 0.6) is 17.2 Å². The Balaban J connectivity index is 1.71. The van der Waals surface area contributed by atoms with Crippen molar-refractivity contribution >= 4 is 5.91 Å². The molecule has 1 heterocycles. The Bertz CT molecular complexity index is 772. The molecule has 0 aromatic heterocycles. The lowest BCUT2D eigenvalue weighted by atomic mass is 10.1. The van der Waals surface area contributed by atoms with E-state index in [1.807, 2.05) is 51.1 Å². The van der Waals surface area contributed by atoms with Crippen LogP contribution in [0.15, 0.2) is 36.4 Å². The Labute approximate surface area is 147 Å². The molecule has 0 fully saturated rings. The highest BCUT2D eigenvalue weighted by Gasteiger charge is 2.17. The van der Waals surface area contributed by atoms with E-state index < -0.39 is 0 Å². The number of carbonyl (C=O) groups is 1. The lowest BCUT2D eigenvalue weighted by Crippen LogP contribution is -2.27. The van der Waals surface area contributed by atoms with Crippen LogP contribution < -0.4 is 19.5 Å². The summed E-state index contributed by atoms with van der Waals surface area (Å²) in [5, 5.41) is 3.02. The van der Waals surface area contributed by atoms with Crippen LogP contribution in [0.25, 0.3) is 0 Å². The van der Waals surface area contributed by atoms with Gasteiger partial charge in [0.15, 0.2) is 11.5 Å². The number of aryl methyl sites for hydroxylation is 1. The first-order chi connectivity index (χ1) is 12.1. The molecule has 0 spiro atoms. The number of nitrogens with one attached hydrogen (secondary N) is 1. The minimum atomic E-state index is -0.143. The van der Waals surface area contributed by atoms with Gasteiger partial charge in [0.05, 0.1) is 12.6 Å². The topological polar surface area (TPSA) is 56.8 Å². The molecule has 0 bridgehead atoms. The minimum Gasteiger partial charge on any atom is -0.494 e. The summed E-state index contributed by atoms with van der Waals surface area (Å²) in [5.41, 5.74) is 2.53. The van der Waals surface area contributed by atoms with E-state index in [2.05, 4.69) is 5.32 Å². The maximum atomic E-state index is 12.5. The molecule has 2 aromatic rings. The fourth-order valence-corrected chi connectivity index (χ4v) is 2.80. The molecule has 0 saturated heterocycles. The first-order valence-corrected chi connectivity index (χ1v) is 8.52. The Kier molecular flexibility index (Phi) is 5.12. The van der Waals surface area contributed by atoms with Gasteiger partial charge in [-0.05, 0) is 62.2 Å². The number of ether oxygens (including phenoxy) is 3. The van der Waals surface area contributed by atoms with Crippen molar-refractivity contribution in [3.63, 3.8) is 0 Å². The third-order valence-electron chi connectivity index (χ3n) is 4.15. The molecule has 132 valence electrons. The van der Waals surface area contributed by atoms with Crippen LogP contribution in [0, 0.1) is 6.92 Å². The van der Waals surface area contributed by atoms with Crippen LogP contribution in [0.4, 0.5) is 0 Å². The summed E-state index contributed by atoms with van der Waals surface area (Å²) in [6, 6.07) is 11.1. The molecule has 1 atom stereocenters. The van der Waals surface area contributed by atoms with Crippen LogP contribution in [0.2, 0.25) is 0 Å². The van der Waals surface area contributed by atoms with Crippen molar-refractivity contribution in [1.82, 2.24) is 5.32 Å². The maximum absolute atomic E-state index is 12.5. The summed E-state index contributed by atoms with van der Waals surface area (Å²) < 4.78 is 16.6. The van der Waals surface area contributed by atoms with Crippen LogP contribution >= 0.6 is 0 Å². The highest BCUT2D eigenvalue weighted by atomic mass is 16.6. The second-order valence-corrected chi connectivity index (χ2v) is 6.01. The average molecular weight is 341 g/mol. The van der Waals surface area contributed by atoms with Gasteiger partial charge in [-0.25, -0.2) is 0 Å². The van der Waals surface area contributed by atoms with Gasteiger partial charge in [0.25, 0.3) is 5.91 Å². The van der Waals surface area contributed by atoms with E-state index in [0.29, 0.717) is 25.4 Å². The summed E-state index contributed by atoms with van der Waals surface area (Å²) in [6.45, 7) is 7.54. The van der Waals surface area contributed by atoms with E-state index in [0.717, 1.165) is 28.4 Å². The van der Waals surface area contributed by atoms with Crippen molar-refractivity contribution in [3.8, 4) is 17.2 Å². The number of hydrogen-bond acceptors (Lipinski definition) is 4. The molecule has 0 unspecified atom stereocenters. The summed E-state index contributed by atoms with van der Waals surface area (Å²) in [5.74, 6) is 2.16. The highest BCUT2D eigenvalue weighted by Crippen LogP contribution is 2.32. The zero-order valence-corrected chi connectivity index (χ0v) is 14.8. The Morgan fingerprint density at radius 3 is 2.64 bits per heavy atom. The quantitative estimate of drug-likeness (QED) is 0.902. The molecule has 0 radical (unpaired) electrons. The van der Waals surface area contributed by atoms with Crippen molar-refractivity contribution in [2.24, 2.45) is 0 Å². The van der Waals surface area contributed by atoms with E-state index in [4.69, 9.17) is 14.2 Å². The van der Waals surface area contributed by atoms with E-state index >= 15 is 0 Å². The predicted molar refractivity (Wildman–Crippen MR) is 95.7 cm³/mol. The summed E-state index contributed by atoms with van der Waals surface area (Å²) in [7, 11) is 0. The van der Waals surface area contributed by atoms with Gasteiger partial charge < -0.3 is 19.5 Å². The van der Waals surface area contributed by atoms with Crippen LogP contribution in [0.1, 0.15) is 41.4 Å². The fraction of sp³-hybridized carbons (Fsp3) is 0.350. The number of amides is 1. The normalized spacial score (nSPS) is 13.9. The zero-order valence-electron chi connectivity index (χ0n) is 14.8. The van der Waals surface area contributed by atoms with Crippen LogP contribution in [-0.2, 0) is 0 Å². The number of hydrogen-bond donors (Lipinski definition) is 1. The summed E-state index contributed by atoms with van der Waals surface area (Å²) in [6.07, 6.45) is 0. The molecule has 0 saturated carbocycles. The number of carbonyl (C=O) groups excluding carboxylic acids is 1. The first kappa shape index (κ1) is 17.1. The van der Waals surface area contributed by atoms with E-state index in [1.54, 1.807) is 6.07 Å². The Morgan fingerprint density at radius 1 is 1.16 bits per heavy atom. The third kappa shape index (κ3) is 3.87. The highest BCUT2D eigenvalue weighted by molar-refractivity contribution is 5.94. The van der Waals surface area contributed by atoms with Gasteiger partial charge in [0.2, 0.25) is 0 Å². The van der Waals surface area contributed by atoms with Crippen molar-refractivity contribution in [2.45, 2.75) is 26.8 Å². The zero-order chi connectivity index (χ0) is 17.8. The van der Waals surface area contributed by atoms with Crippen molar-refractivity contribution in [3.05, 3.63) is 53.1 Å². The van der Waals surface area contributed by atoms with Gasteiger partial charge in [-0.15, -0.1) is 0 Å². The molecule has 25 heavy (non-hydrogen) atoms. The molecule has 1 aliphatic heterocycles. The smallest absolute Gasteiger partial charge is 0.251 e. The Morgan fingerprint density at radius 2 is 1.92 bits per heavy atom. The number of rotatable bonds is 5. The van der Waals surface area contributed by atoms with Gasteiger partial charge in [0.1, 0.15) is 19.0 Å². The molecule has 5 nitrogen and oxygen atoms in total. The molecule has 5 heteroatoms. The monoisotopic (exact) mass is 341 g/mol. The van der Waals surface area contributed by atoms with Gasteiger partial charge in [-0.3, -0.25) is 4.79 Å².